The molecule has 3 nitrogen and oxygen atoms in total. The highest BCUT2D eigenvalue weighted by atomic mass is 35.5. The molecule has 0 aliphatic heterocycles. The molecule has 1 aliphatic carbocycles. The molecule has 1 aromatic carbocycles. The van der Waals surface area contributed by atoms with Crippen LogP contribution in [0.3, 0.4) is 0 Å². The van der Waals surface area contributed by atoms with Crippen molar-refractivity contribution in [3.8, 4) is 0 Å². The van der Waals surface area contributed by atoms with E-state index in [1.807, 2.05) is 0 Å². The van der Waals surface area contributed by atoms with Gasteiger partial charge in [-0.2, -0.15) is 0 Å². The second kappa shape index (κ2) is 3.14. The molecule has 14 heavy (non-hydrogen) atoms. The number of sulfone groups is 1. The Balaban J connectivity index is 2.51. The van der Waals surface area contributed by atoms with Crippen molar-refractivity contribution in [2.24, 2.45) is 0 Å². The molecule has 0 saturated heterocycles. The van der Waals surface area contributed by atoms with Crippen molar-refractivity contribution in [1.29, 1.82) is 0 Å². The molecule has 1 saturated carbocycles. The summed E-state index contributed by atoms with van der Waals surface area (Å²) >= 11 is 5.69. The van der Waals surface area contributed by atoms with Gasteiger partial charge >= 0.3 is 0 Å². The van der Waals surface area contributed by atoms with E-state index in [0.29, 0.717) is 5.02 Å². The highest BCUT2D eigenvalue weighted by Gasteiger charge is 2.37. The molecule has 2 N–H and O–H groups in total. The van der Waals surface area contributed by atoms with Crippen LogP contribution < -0.4 is 5.73 Å². The lowest BCUT2D eigenvalue weighted by Crippen LogP contribution is -2.09. The van der Waals surface area contributed by atoms with E-state index in [1.54, 1.807) is 6.07 Å². The first-order chi connectivity index (χ1) is 6.51. The third-order valence-corrected chi connectivity index (χ3v) is 4.81. The summed E-state index contributed by atoms with van der Waals surface area (Å²) in [4.78, 5) is 0.212. The van der Waals surface area contributed by atoms with Crippen molar-refractivity contribution in [3.05, 3.63) is 23.2 Å². The predicted molar refractivity (Wildman–Crippen MR) is 56.1 cm³/mol. The molecular formula is C9H10ClNO2S. The number of hydrogen-bond acceptors (Lipinski definition) is 3. The van der Waals surface area contributed by atoms with E-state index < -0.39 is 9.84 Å². The Morgan fingerprint density at radius 3 is 2.50 bits per heavy atom. The molecule has 1 aliphatic rings. The Kier molecular flexibility index (Phi) is 2.20. The summed E-state index contributed by atoms with van der Waals surface area (Å²) < 4.78 is 23.6. The Bertz CT molecular complexity index is 466. The molecule has 0 atom stereocenters. The van der Waals surface area contributed by atoms with Crippen LogP contribution in [0.25, 0.3) is 0 Å². The molecule has 5 heteroatoms. The fourth-order valence-electron chi connectivity index (χ4n) is 1.34. The summed E-state index contributed by atoms with van der Waals surface area (Å²) in [5.74, 6) is 0. The van der Waals surface area contributed by atoms with E-state index in [4.69, 9.17) is 17.3 Å². The Morgan fingerprint density at radius 2 is 2.00 bits per heavy atom. The minimum Gasteiger partial charge on any atom is -0.398 e. The molecule has 0 spiro atoms. The number of halogens is 1. The van der Waals surface area contributed by atoms with E-state index in [2.05, 4.69) is 0 Å². The van der Waals surface area contributed by atoms with Crippen LogP contribution in [-0.4, -0.2) is 13.7 Å². The number of anilines is 1. The zero-order valence-electron chi connectivity index (χ0n) is 7.40. The van der Waals surface area contributed by atoms with E-state index in [1.165, 1.54) is 12.1 Å². The van der Waals surface area contributed by atoms with Gasteiger partial charge in [0.2, 0.25) is 0 Å². The fourth-order valence-corrected chi connectivity index (χ4v) is 3.28. The average Bonchev–Trinajstić information content (AvgIpc) is 2.84. The van der Waals surface area contributed by atoms with Gasteiger partial charge in [0.15, 0.2) is 9.84 Å². The third kappa shape index (κ3) is 1.60. The maximum Gasteiger partial charge on any atom is 0.183 e. The molecule has 0 amide bonds. The first kappa shape index (κ1) is 9.80. The van der Waals surface area contributed by atoms with Crippen LogP contribution in [0.2, 0.25) is 5.02 Å². The minimum atomic E-state index is -3.20. The number of rotatable bonds is 2. The van der Waals surface area contributed by atoms with Gasteiger partial charge in [-0.15, -0.1) is 0 Å². The number of benzene rings is 1. The van der Waals surface area contributed by atoms with Crippen LogP contribution in [0.4, 0.5) is 5.69 Å². The van der Waals surface area contributed by atoms with Gasteiger partial charge in [0.1, 0.15) is 0 Å². The SMILES string of the molecule is Nc1cc(Cl)ccc1S(=O)(=O)C1CC1. The number of nitrogens with two attached hydrogens (primary N) is 1. The second-order valence-corrected chi connectivity index (χ2v) is 6.06. The highest BCUT2D eigenvalue weighted by Crippen LogP contribution is 2.36. The summed E-state index contributed by atoms with van der Waals surface area (Å²) in [5.41, 5.74) is 5.85. The van der Waals surface area contributed by atoms with Crippen LogP contribution in [0, 0.1) is 0 Å². The third-order valence-electron chi connectivity index (χ3n) is 2.24. The van der Waals surface area contributed by atoms with Crippen LogP contribution in [0.5, 0.6) is 0 Å². The number of nitrogen functional groups attached to an aromatic ring is 1. The van der Waals surface area contributed by atoms with Gasteiger partial charge < -0.3 is 5.73 Å². The second-order valence-electron chi connectivity index (χ2n) is 3.43. The molecule has 0 radical (unpaired) electrons. The lowest BCUT2D eigenvalue weighted by Gasteiger charge is -2.05. The fraction of sp³-hybridized carbons (Fsp3) is 0.333. The summed E-state index contributed by atoms with van der Waals surface area (Å²) in [5, 5.41) is 0.225. The molecule has 0 bridgehead atoms. The average molecular weight is 232 g/mol. The van der Waals surface area contributed by atoms with Crippen molar-refractivity contribution in [2.75, 3.05) is 5.73 Å². The summed E-state index contributed by atoms with van der Waals surface area (Å²) in [6.45, 7) is 0. The number of hydrogen-bond donors (Lipinski definition) is 1. The van der Waals surface area contributed by atoms with Gasteiger partial charge in [0.05, 0.1) is 15.8 Å². The molecule has 0 aromatic heterocycles. The maximum absolute atomic E-state index is 11.8. The van der Waals surface area contributed by atoms with Crippen LogP contribution in [0.15, 0.2) is 23.1 Å². The van der Waals surface area contributed by atoms with Gasteiger partial charge in [-0.1, -0.05) is 11.6 Å². The monoisotopic (exact) mass is 231 g/mol. The standard InChI is InChI=1S/C9H10ClNO2S/c10-6-1-4-9(8(11)5-6)14(12,13)7-2-3-7/h1,4-5,7H,2-3,11H2. The summed E-state index contributed by atoms with van der Waals surface area (Å²) in [6, 6.07) is 4.50. The van der Waals surface area contributed by atoms with E-state index in [0.717, 1.165) is 12.8 Å². The molecule has 1 aromatic rings. The minimum absolute atomic E-state index is 0.212. The van der Waals surface area contributed by atoms with Gasteiger partial charge in [0, 0.05) is 5.02 Å². The van der Waals surface area contributed by atoms with Gasteiger partial charge in [0.25, 0.3) is 0 Å². The molecule has 2 rings (SSSR count). The lowest BCUT2D eigenvalue weighted by molar-refractivity contribution is 0.595. The topological polar surface area (TPSA) is 60.2 Å². The largest absolute Gasteiger partial charge is 0.398 e. The van der Waals surface area contributed by atoms with Crippen molar-refractivity contribution in [1.82, 2.24) is 0 Å². The van der Waals surface area contributed by atoms with Crippen molar-refractivity contribution in [3.63, 3.8) is 0 Å². The molecule has 0 unspecified atom stereocenters. The molecule has 1 fully saturated rings. The molecular weight excluding hydrogens is 222 g/mol. The highest BCUT2D eigenvalue weighted by molar-refractivity contribution is 7.92. The first-order valence-electron chi connectivity index (χ1n) is 4.31. The normalized spacial score (nSPS) is 16.9. The summed E-state index contributed by atoms with van der Waals surface area (Å²) in [7, 11) is -3.20. The van der Waals surface area contributed by atoms with Crippen LogP contribution >= 0.6 is 11.6 Å². The maximum atomic E-state index is 11.8. The Hall–Kier alpha value is -0.740. The Morgan fingerprint density at radius 1 is 1.36 bits per heavy atom. The zero-order valence-corrected chi connectivity index (χ0v) is 8.98. The zero-order chi connectivity index (χ0) is 10.3. The van der Waals surface area contributed by atoms with Gasteiger partial charge in [-0.3, -0.25) is 0 Å². The predicted octanol–water partition coefficient (Wildman–Crippen LogP) is 1.86. The quantitative estimate of drug-likeness (QED) is 0.791. The van der Waals surface area contributed by atoms with Crippen molar-refractivity contribution in [2.45, 2.75) is 23.0 Å². The van der Waals surface area contributed by atoms with Crippen LogP contribution in [-0.2, 0) is 9.84 Å². The lowest BCUT2D eigenvalue weighted by atomic mass is 10.3. The van der Waals surface area contributed by atoms with Crippen molar-refractivity contribution < 1.29 is 8.42 Å². The van der Waals surface area contributed by atoms with Gasteiger partial charge in [-0.25, -0.2) is 8.42 Å². The van der Waals surface area contributed by atoms with E-state index in [9.17, 15) is 8.42 Å². The Labute approximate surface area is 87.8 Å². The van der Waals surface area contributed by atoms with Crippen molar-refractivity contribution >= 4 is 27.1 Å². The van der Waals surface area contributed by atoms with E-state index in [-0.39, 0.29) is 15.8 Å². The van der Waals surface area contributed by atoms with E-state index >= 15 is 0 Å². The smallest absolute Gasteiger partial charge is 0.183 e. The van der Waals surface area contributed by atoms with Crippen LogP contribution in [0.1, 0.15) is 12.8 Å². The first-order valence-corrected chi connectivity index (χ1v) is 6.23. The van der Waals surface area contributed by atoms with Gasteiger partial charge in [-0.05, 0) is 31.0 Å². The molecule has 0 heterocycles. The summed E-state index contributed by atoms with van der Waals surface area (Å²) in [6.07, 6.45) is 1.48. The molecule has 76 valence electrons.